The van der Waals surface area contributed by atoms with Crippen LogP contribution in [0.3, 0.4) is 0 Å². The van der Waals surface area contributed by atoms with Gasteiger partial charge in [0.2, 0.25) is 0 Å². The molecule has 0 spiro atoms. The van der Waals surface area contributed by atoms with Crippen LogP contribution in [0.5, 0.6) is 0 Å². The number of hydrogen-bond acceptors (Lipinski definition) is 4. The van der Waals surface area contributed by atoms with E-state index in [1.807, 2.05) is 4.90 Å². The molecule has 0 aliphatic carbocycles. The highest BCUT2D eigenvalue weighted by atomic mass is 32.1. The molecule has 21 heavy (non-hydrogen) atoms. The van der Waals surface area contributed by atoms with E-state index in [1.165, 1.54) is 6.07 Å². The predicted octanol–water partition coefficient (Wildman–Crippen LogP) is 2.70. The topological polar surface area (TPSA) is 60.8 Å². The van der Waals surface area contributed by atoms with Gasteiger partial charge in [0, 0.05) is 28.2 Å². The number of aliphatic hydroxyl groups is 1. The van der Waals surface area contributed by atoms with Crippen molar-refractivity contribution in [2.45, 2.75) is 25.4 Å². The summed E-state index contributed by atoms with van der Waals surface area (Å²) < 4.78 is 14.8. The Morgan fingerprint density at radius 1 is 1.48 bits per heavy atom. The number of thiophene rings is 1. The Hall–Kier alpha value is -1.50. The Kier molecular flexibility index (Phi) is 3.93. The van der Waals surface area contributed by atoms with E-state index in [0.29, 0.717) is 22.2 Å². The van der Waals surface area contributed by atoms with E-state index in [1.54, 1.807) is 12.1 Å². The summed E-state index contributed by atoms with van der Waals surface area (Å²) in [7, 11) is 0. The molecule has 1 fully saturated rings. The Labute approximate surface area is 125 Å². The molecule has 1 aliphatic rings. The highest BCUT2D eigenvalue weighted by Gasteiger charge is 2.28. The molecule has 0 saturated carbocycles. The van der Waals surface area contributed by atoms with Crippen LogP contribution in [-0.4, -0.2) is 40.3 Å². The van der Waals surface area contributed by atoms with Gasteiger partial charge in [0.05, 0.1) is 6.61 Å². The van der Waals surface area contributed by atoms with Crippen molar-refractivity contribution < 1.29 is 19.4 Å². The summed E-state index contributed by atoms with van der Waals surface area (Å²) in [6.07, 6.45) is 1.86. The minimum absolute atomic E-state index is 0.0355. The van der Waals surface area contributed by atoms with Crippen LogP contribution in [0.4, 0.5) is 4.39 Å². The van der Waals surface area contributed by atoms with Crippen LogP contribution in [-0.2, 0) is 6.54 Å². The van der Waals surface area contributed by atoms with Gasteiger partial charge in [-0.25, -0.2) is 9.18 Å². The summed E-state index contributed by atoms with van der Waals surface area (Å²) in [4.78, 5) is 13.7. The number of fused-ring (bicyclic) bond motifs is 1. The molecule has 0 bridgehead atoms. The van der Waals surface area contributed by atoms with Crippen molar-refractivity contribution in [1.82, 2.24) is 4.90 Å². The molecule has 3 rings (SSSR count). The van der Waals surface area contributed by atoms with Crippen molar-refractivity contribution in [2.24, 2.45) is 0 Å². The van der Waals surface area contributed by atoms with E-state index in [-0.39, 0.29) is 23.3 Å². The molecule has 2 N–H and O–H groups in total. The first-order chi connectivity index (χ1) is 10.1. The number of aliphatic hydroxyl groups excluding tert-OH is 1. The van der Waals surface area contributed by atoms with Gasteiger partial charge in [-0.3, -0.25) is 4.90 Å². The average molecular weight is 309 g/mol. The Morgan fingerprint density at radius 2 is 2.29 bits per heavy atom. The lowest BCUT2D eigenvalue weighted by molar-refractivity contribution is 0.0699. The van der Waals surface area contributed by atoms with Crippen LogP contribution < -0.4 is 0 Å². The third-order valence-electron chi connectivity index (χ3n) is 4.03. The molecule has 112 valence electrons. The first-order valence-corrected chi connectivity index (χ1v) is 7.71. The highest BCUT2D eigenvalue weighted by Crippen LogP contribution is 2.35. The molecule has 1 aromatic heterocycles. The Balaban J connectivity index is 2.07. The fourth-order valence-electron chi connectivity index (χ4n) is 3.00. The monoisotopic (exact) mass is 309 g/mol. The van der Waals surface area contributed by atoms with Crippen molar-refractivity contribution in [1.29, 1.82) is 0 Å². The number of aromatic carboxylic acids is 1. The number of carboxylic acids is 1. The normalized spacial score (nSPS) is 19.4. The number of carbonyl (C=O) groups is 1. The number of hydrogen-bond donors (Lipinski definition) is 2. The first kappa shape index (κ1) is 14.4. The van der Waals surface area contributed by atoms with Crippen molar-refractivity contribution >= 4 is 27.4 Å². The minimum Gasteiger partial charge on any atom is -0.477 e. The smallest absolute Gasteiger partial charge is 0.346 e. The molecule has 1 aliphatic heterocycles. The molecule has 1 aromatic carbocycles. The fourth-order valence-corrected chi connectivity index (χ4v) is 4.07. The van der Waals surface area contributed by atoms with Crippen LogP contribution in [0.25, 0.3) is 10.1 Å². The van der Waals surface area contributed by atoms with E-state index in [2.05, 4.69) is 0 Å². The average Bonchev–Trinajstić information content (AvgIpc) is 3.04. The van der Waals surface area contributed by atoms with Crippen molar-refractivity contribution in [3.63, 3.8) is 0 Å². The van der Waals surface area contributed by atoms with E-state index < -0.39 is 5.97 Å². The molecular formula is C15H16FNO3S. The van der Waals surface area contributed by atoms with Gasteiger partial charge in [-0.2, -0.15) is 0 Å². The van der Waals surface area contributed by atoms with Gasteiger partial charge >= 0.3 is 5.97 Å². The van der Waals surface area contributed by atoms with E-state index >= 15 is 0 Å². The van der Waals surface area contributed by atoms with Crippen LogP contribution in [0.15, 0.2) is 18.2 Å². The summed E-state index contributed by atoms with van der Waals surface area (Å²) in [5, 5.41) is 19.2. The first-order valence-electron chi connectivity index (χ1n) is 6.90. The summed E-state index contributed by atoms with van der Waals surface area (Å²) in [6.45, 7) is 1.22. The predicted molar refractivity (Wildman–Crippen MR) is 79.3 cm³/mol. The second-order valence-corrected chi connectivity index (χ2v) is 6.33. The number of benzene rings is 1. The Morgan fingerprint density at radius 3 is 3.00 bits per heavy atom. The molecule has 4 nitrogen and oxygen atoms in total. The van der Waals surface area contributed by atoms with Gasteiger partial charge < -0.3 is 10.2 Å². The Bertz CT molecular complexity index is 685. The van der Waals surface area contributed by atoms with Gasteiger partial charge in [-0.1, -0.05) is 6.07 Å². The molecule has 0 radical (unpaired) electrons. The zero-order chi connectivity index (χ0) is 15.0. The van der Waals surface area contributed by atoms with E-state index in [0.717, 1.165) is 30.7 Å². The SMILES string of the molecule is O=C(O)c1sc2cccc(F)c2c1CN1CCCC1CO. The quantitative estimate of drug-likeness (QED) is 0.911. The number of nitrogens with zero attached hydrogens (tertiary/aromatic N) is 1. The van der Waals surface area contributed by atoms with Crippen molar-refractivity contribution in [3.8, 4) is 0 Å². The van der Waals surface area contributed by atoms with Crippen molar-refractivity contribution in [3.05, 3.63) is 34.5 Å². The maximum atomic E-state index is 14.1. The van der Waals surface area contributed by atoms with Gasteiger partial charge in [0.1, 0.15) is 10.7 Å². The summed E-state index contributed by atoms with van der Waals surface area (Å²) in [6, 6.07) is 4.73. The van der Waals surface area contributed by atoms with Crippen LogP contribution in [0.1, 0.15) is 28.1 Å². The summed E-state index contributed by atoms with van der Waals surface area (Å²) in [5.41, 5.74) is 0.529. The van der Waals surface area contributed by atoms with Crippen LogP contribution in [0, 0.1) is 5.82 Å². The molecular weight excluding hydrogens is 293 g/mol. The second-order valence-electron chi connectivity index (χ2n) is 5.28. The second kappa shape index (κ2) is 5.71. The molecule has 6 heteroatoms. The fraction of sp³-hybridized carbons (Fsp3) is 0.400. The van der Waals surface area contributed by atoms with Crippen molar-refractivity contribution in [2.75, 3.05) is 13.2 Å². The molecule has 2 heterocycles. The lowest BCUT2D eigenvalue weighted by Gasteiger charge is -2.22. The number of rotatable bonds is 4. The lowest BCUT2D eigenvalue weighted by atomic mass is 10.1. The molecule has 1 atom stereocenters. The van der Waals surface area contributed by atoms with Gasteiger partial charge in [-0.15, -0.1) is 11.3 Å². The minimum atomic E-state index is -1.02. The van der Waals surface area contributed by atoms with E-state index in [4.69, 9.17) is 0 Å². The van der Waals surface area contributed by atoms with Crippen LogP contribution >= 0.6 is 11.3 Å². The van der Waals surface area contributed by atoms with Crippen LogP contribution in [0.2, 0.25) is 0 Å². The third-order valence-corrected chi connectivity index (χ3v) is 5.21. The zero-order valence-corrected chi connectivity index (χ0v) is 12.2. The lowest BCUT2D eigenvalue weighted by Crippen LogP contribution is -2.32. The molecule has 0 amide bonds. The van der Waals surface area contributed by atoms with Gasteiger partial charge in [0.25, 0.3) is 0 Å². The van der Waals surface area contributed by atoms with Gasteiger partial charge in [-0.05, 0) is 31.5 Å². The highest BCUT2D eigenvalue weighted by molar-refractivity contribution is 7.21. The number of halogens is 1. The zero-order valence-electron chi connectivity index (χ0n) is 11.4. The molecule has 2 aromatic rings. The molecule has 1 saturated heterocycles. The summed E-state index contributed by atoms with van der Waals surface area (Å²) in [5.74, 6) is -1.41. The third kappa shape index (κ3) is 2.54. The van der Waals surface area contributed by atoms with Gasteiger partial charge in [0.15, 0.2) is 0 Å². The maximum absolute atomic E-state index is 14.1. The summed E-state index contributed by atoms with van der Waals surface area (Å²) >= 11 is 1.11. The largest absolute Gasteiger partial charge is 0.477 e. The number of likely N-dealkylation sites (tertiary alicyclic amines) is 1. The maximum Gasteiger partial charge on any atom is 0.346 e. The molecule has 1 unspecified atom stereocenters. The number of carboxylic acid groups (broad SMARTS) is 1. The van der Waals surface area contributed by atoms with E-state index in [9.17, 15) is 19.4 Å². The standard InChI is InChI=1S/C15H16FNO3S/c16-11-4-1-5-12-13(11)10(14(21-12)15(19)20)7-17-6-2-3-9(17)8-18/h1,4-5,9,18H,2-3,6-8H2,(H,19,20).